The van der Waals surface area contributed by atoms with Crippen molar-refractivity contribution < 1.29 is 4.92 Å². The van der Waals surface area contributed by atoms with E-state index in [1.165, 1.54) is 12.4 Å². The Bertz CT molecular complexity index is 755. The molecule has 7 heteroatoms. The molecule has 0 bridgehead atoms. The molecule has 1 aliphatic carbocycles. The first-order chi connectivity index (χ1) is 10.1. The summed E-state index contributed by atoms with van der Waals surface area (Å²) in [6, 6.07) is 3.11. The van der Waals surface area contributed by atoms with Gasteiger partial charge in [0.15, 0.2) is 0 Å². The summed E-state index contributed by atoms with van der Waals surface area (Å²) in [5, 5.41) is 14.8. The lowest BCUT2D eigenvalue weighted by Gasteiger charge is -2.18. The van der Waals surface area contributed by atoms with E-state index >= 15 is 0 Å². The van der Waals surface area contributed by atoms with Crippen LogP contribution in [0.3, 0.4) is 0 Å². The zero-order valence-corrected chi connectivity index (χ0v) is 11.6. The van der Waals surface area contributed by atoms with Gasteiger partial charge in [-0.05, 0) is 24.8 Å². The fourth-order valence-corrected chi connectivity index (χ4v) is 2.93. The van der Waals surface area contributed by atoms with Gasteiger partial charge in [-0.3, -0.25) is 14.9 Å². The first-order valence-electron chi connectivity index (χ1n) is 6.98. The second-order valence-electron chi connectivity index (χ2n) is 5.53. The Hall–Kier alpha value is -2.44. The van der Waals surface area contributed by atoms with Crippen molar-refractivity contribution in [1.29, 1.82) is 0 Å². The van der Waals surface area contributed by atoms with E-state index in [1.807, 2.05) is 0 Å². The molecule has 3 rings (SSSR count). The summed E-state index contributed by atoms with van der Waals surface area (Å²) in [6.45, 7) is 2.14. The fourth-order valence-electron chi connectivity index (χ4n) is 2.93. The molecule has 0 spiro atoms. The summed E-state index contributed by atoms with van der Waals surface area (Å²) in [4.78, 5) is 29.0. The van der Waals surface area contributed by atoms with E-state index in [0.717, 1.165) is 19.3 Å². The van der Waals surface area contributed by atoms with Crippen LogP contribution in [0.15, 0.2) is 23.3 Å². The summed E-state index contributed by atoms with van der Waals surface area (Å²) in [7, 11) is 0. The van der Waals surface area contributed by atoms with E-state index < -0.39 is 4.92 Å². The molecule has 2 N–H and O–H groups in total. The molecule has 1 saturated carbocycles. The topological polar surface area (TPSA) is 101 Å². The minimum atomic E-state index is -0.464. The van der Waals surface area contributed by atoms with Crippen molar-refractivity contribution in [3.8, 4) is 0 Å². The Kier molecular flexibility index (Phi) is 3.32. The molecule has 0 amide bonds. The zero-order valence-electron chi connectivity index (χ0n) is 11.6. The van der Waals surface area contributed by atoms with Gasteiger partial charge < -0.3 is 10.3 Å². The van der Waals surface area contributed by atoms with E-state index in [9.17, 15) is 14.9 Å². The summed E-state index contributed by atoms with van der Waals surface area (Å²) in [5.41, 5.74) is 0.436. The van der Waals surface area contributed by atoms with Crippen molar-refractivity contribution in [2.45, 2.75) is 32.2 Å². The lowest BCUT2D eigenvalue weighted by molar-refractivity contribution is -0.383. The predicted molar refractivity (Wildman–Crippen MR) is 79.4 cm³/mol. The van der Waals surface area contributed by atoms with Gasteiger partial charge in [-0.1, -0.05) is 13.3 Å². The maximum absolute atomic E-state index is 11.7. The number of benzene rings is 1. The van der Waals surface area contributed by atoms with Gasteiger partial charge in [-0.2, -0.15) is 0 Å². The quantitative estimate of drug-likeness (QED) is 0.667. The molecule has 1 aromatic heterocycles. The van der Waals surface area contributed by atoms with Crippen LogP contribution in [-0.2, 0) is 0 Å². The lowest BCUT2D eigenvalue weighted by Crippen LogP contribution is -2.22. The molecule has 1 heterocycles. The highest BCUT2D eigenvalue weighted by Gasteiger charge is 2.26. The first-order valence-corrected chi connectivity index (χ1v) is 6.98. The van der Waals surface area contributed by atoms with Crippen LogP contribution in [0.5, 0.6) is 0 Å². The zero-order chi connectivity index (χ0) is 15.0. The molecule has 1 fully saturated rings. The molecule has 0 aliphatic heterocycles. The smallest absolute Gasteiger partial charge is 0.293 e. The summed E-state index contributed by atoms with van der Waals surface area (Å²) < 4.78 is 0. The number of hydrogen-bond acceptors (Lipinski definition) is 5. The average molecular weight is 288 g/mol. The number of anilines is 1. The molecular weight excluding hydrogens is 272 g/mol. The van der Waals surface area contributed by atoms with Crippen LogP contribution < -0.4 is 10.9 Å². The summed E-state index contributed by atoms with van der Waals surface area (Å²) in [6.07, 6.45) is 4.55. The molecule has 2 unspecified atom stereocenters. The normalized spacial score (nSPS) is 21.6. The Balaban J connectivity index is 2.09. The van der Waals surface area contributed by atoms with Crippen molar-refractivity contribution in [1.82, 2.24) is 9.97 Å². The van der Waals surface area contributed by atoms with E-state index in [0.29, 0.717) is 17.1 Å². The molecule has 1 aliphatic rings. The Labute approximate surface area is 120 Å². The van der Waals surface area contributed by atoms with Gasteiger partial charge in [0.05, 0.1) is 22.2 Å². The Morgan fingerprint density at radius 3 is 2.90 bits per heavy atom. The summed E-state index contributed by atoms with van der Waals surface area (Å²) in [5.74, 6) is 0.479. The third kappa shape index (κ3) is 2.46. The Morgan fingerprint density at radius 2 is 2.24 bits per heavy atom. The third-order valence-corrected chi connectivity index (χ3v) is 4.16. The highest BCUT2D eigenvalue weighted by atomic mass is 16.6. The van der Waals surface area contributed by atoms with Crippen LogP contribution in [0.1, 0.15) is 26.2 Å². The van der Waals surface area contributed by atoms with Crippen molar-refractivity contribution in [3.63, 3.8) is 0 Å². The van der Waals surface area contributed by atoms with Gasteiger partial charge in [-0.25, -0.2) is 4.98 Å². The molecule has 2 atom stereocenters. The Morgan fingerprint density at radius 1 is 1.43 bits per heavy atom. The third-order valence-electron chi connectivity index (χ3n) is 4.16. The monoisotopic (exact) mass is 288 g/mol. The second-order valence-corrected chi connectivity index (χ2v) is 5.53. The van der Waals surface area contributed by atoms with E-state index in [1.54, 1.807) is 6.07 Å². The van der Waals surface area contributed by atoms with Crippen molar-refractivity contribution in [2.24, 2.45) is 5.92 Å². The molecule has 0 saturated heterocycles. The number of H-pyrrole nitrogens is 1. The van der Waals surface area contributed by atoms with Gasteiger partial charge in [0.2, 0.25) is 0 Å². The van der Waals surface area contributed by atoms with Gasteiger partial charge in [0, 0.05) is 12.1 Å². The highest BCUT2D eigenvalue weighted by molar-refractivity contribution is 5.86. The van der Waals surface area contributed by atoms with Crippen LogP contribution in [0.25, 0.3) is 10.9 Å². The molecular formula is C14H16N4O3. The van der Waals surface area contributed by atoms with E-state index in [-0.39, 0.29) is 22.7 Å². The molecule has 7 nitrogen and oxygen atoms in total. The molecule has 110 valence electrons. The van der Waals surface area contributed by atoms with Gasteiger partial charge in [-0.15, -0.1) is 0 Å². The molecule has 1 aromatic carbocycles. The number of hydrogen-bond donors (Lipinski definition) is 2. The minimum absolute atomic E-state index is 0.0832. The van der Waals surface area contributed by atoms with Crippen molar-refractivity contribution in [2.75, 3.05) is 5.32 Å². The first kappa shape index (κ1) is 13.5. The maximum atomic E-state index is 11.7. The van der Waals surface area contributed by atoms with E-state index in [2.05, 4.69) is 22.2 Å². The van der Waals surface area contributed by atoms with Gasteiger partial charge >= 0.3 is 0 Å². The SMILES string of the molecule is CC1CCCC1Nc1cc2nc[nH]c(=O)c2cc1[N+](=O)[O-]. The van der Waals surface area contributed by atoms with Crippen LogP contribution in [0.4, 0.5) is 11.4 Å². The summed E-state index contributed by atoms with van der Waals surface area (Å²) >= 11 is 0. The number of nitrogens with zero attached hydrogens (tertiary/aromatic N) is 2. The number of nitro groups is 1. The number of rotatable bonds is 3. The number of nitrogens with one attached hydrogen (secondary N) is 2. The van der Waals surface area contributed by atoms with Gasteiger partial charge in [0.1, 0.15) is 5.69 Å². The molecule has 21 heavy (non-hydrogen) atoms. The lowest BCUT2D eigenvalue weighted by atomic mass is 10.1. The minimum Gasteiger partial charge on any atom is -0.376 e. The molecule has 0 radical (unpaired) electrons. The molecule has 2 aromatic rings. The largest absolute Gasteiger partial charge is 0.376 e. The maximum Gasteiger partial charge on any atom is 0.293 e. The second kappa shape index (κ2) is 5.16. The number of fused-ring (bicyclic) bond motifs is 1. The number of aromatic nitrogens is 2. The van der Waals surface area contributed by atoms with Crippen molar-refractivity contribution in [3.05, 3.63) is 38.9 Å². The van der Waals surface area contributed by atoms with Gasteiger partial charge in [0.25, 0.3) is 11.2 Å². The average Bonchev–Trinajstić information content (AvgIpc) is 2.84. The standard InChI is InChI=1S/C14H16N4O3/c1-8-3-2-4-10(8)17-12-6-11-9(5-13(12)18(20)21)14(19)16-7-15-11/h5-8,10,17H,2-4H2,1H3,(H,15,16,19). The highest BCUT2D eigenvalue weighted by Crippen LogP contribution is 2.33. The fraction of sp³-hybridized carbons (Fsp3) is 0.429. The van der Waals surface area contributed by atoms with Crippen LogP contribution >= 0.6 is 0 Å². The van der Waals surface area contributed by atoms with Crippen LogP contribution in [-0.4, -0.2) is 20.9 Å². The number of aromatic amines is 1. The van der Waals surface area contributed by atoms with Crippen LogP contribution in [0.2, 0.25) is 0 Å². The predicted octanol–water partition coefficient (Wildman–Crippen LogP) is 2.43. The van der Waals surface area contributed by atoms with Crippen LogP contribution in [0, 0.1) is 16.0 Å². The van der Waals surface area contributed by atoms with Crippen molar-refractivity contribution >= 4 is 22.3 Å². The van der Waals surface area contributed by atoms with E-state index in [4.69, 9.17) is 0 Å². The number of nitro benzene ring substituents is 1.